The molecule has 0 bridgehead atoms. The summed E-state index contributed by atoms with van der Waals surface area (Å²) in [5.41, 5.74) is 1.45. The third kappa shape index (κ3) is 3.32. The minimum absolute atomic E-state index is 0.236. The van der Waals surface area contributed by atoms with Crippen LogP contribution in [-0.4, -0.2) is 45.8 Å². The van der Waals surface area contributed by atoms with Crippen LogP contribution in [0.3, 0.4) is 0 Å². The number of nitrogens with zero attached hydrogens (tertiary/aromatic N) is 5. The van der Waals surface area contributed by atoms with E-state index in [1.807, 2.05) is 0 Å². The van der Waals surface area contributed by atoms with Crippen LogP contribution < -0.4 is 10.5 Å². The topological polar surface area (TPSA) is 67.4 Å². The van der Waals surface area contributed by atoms with Crippen LogP contribution in [-0.2, 0) is 13.6 Å². The van der Waals surface area contributed by atoms with E-state index in [2.05, 4.69) is 33.7 Å². The van der Waals surface area contributed by atoms with E-state index in [0.29, 0.717) is 11.6 Å². The maximum Gasteiger partial charge on any atom is 0.287 e. The summed E-state index contributed by atoms with van der Waals surface area (Å²) in [7, 11) is 1.60. The molecular formula is C16H22ClN5O2. The van der Waals surface area contributed by atoms with Gasteiger partial charge in [-0.2, -0.15) is 5.10 Å². The van der Waals surface area contributed by atoms with Gasteiger partial charge in [-0.25, -0.2) is 9.67 Å². The summed E-state index contributed by atoms with van der Waals surface area (Å²) in [6, 6.07) is 0. The second-order valence-corrected chi connectivity index (χ2v) is 6.73. The molecule has 0 unspecified atom stereocenters. The number of oxazole rings is 1. The summed E-state index contributed by atoms with van der Waals surface area (Å²) in [5, 5.41) is 4.30. The first-order valence-corrected chi connectivity index (χ1v) is 8.46. The Balaban J connectivity index is 1.65. The molecule has 7 nitrogen and oxygen atoms in total. The van der Waals surface area contributed by atoms with E-state index < -0.39 is 0 Å². The Morgan fingerprint density at radius 2 is 2.00 bits per heavy atom. The number of hydrogen-bond donors (Lipinski definition) is 0. The van der Waals surface area contributed by atoms with Crippen LogP contribution >= 0.6 is 11.6 Å². The van der Waals surface area contributed by atoms with Gasteiger partial charge in [-0.1, -0.05) is 25.4 Å². The highest BCUT2D eigenvalue weighted by molar-refractivity contribution is 6.33. The van der Waals surface area contributed by atoms with Crippen molar-refractivity contribution in [1.29, 1.82) is 0 Å². The van der Waals surface area contributed by atoms with E-state index in [1.165, 1.54) is 11.1 Å². The highest BCUT2D eigenvalue weighted by Gasteiger charge is 2.23. The Labute approximate surface area is 145 Å². The average molecular weight is 352 g/mol. The van der Waals surface area contributed by atoms with Crippen molar-refractivity contribution in [2.75, 3.05) is 31.1 Å². The summed E-state index contributed by atoms with van der Waals surface area (Å²) < 4.78 is 6.74. The number of hydrogen-bond acceptors (Lipinski definition) is 6. The minimum atomic E-state index is -0.263. The minimum Gasteiger partial charge on any atom is -0.448 e. The van der Waals surface area contributed by atoms with Gasteiger partial charge in [-0.15, -0.1) is 0 Å². The molecule has 0 spiro atoms. The van der Waals surface area contributed by atoms with Gasteiger partial charge in [-0.05, 0) is 0 Å². The van der Waals surface area contributed by atoms with Gasteiger partial charge in [0.2, 0.25) is 0 Å². The molecule has 0 saturated carbocycles. The van der Waals surface area contributed by atoms with Gasteiger partial charge in [0, 0.05) is 45.7 Å². The molecule has 0 N–H and O–H groups in total. The summed E-state index contributed by atoms with van der Waals surface area (Å²) in [6.07, 6.45) is 3.18. The molecule has 1 aliphatic heterocycles. The van der Waals surface area contributed by atoms with Crippen molar-refractivity contribution in [2.24, 2.45) is 7.05 Å². The molecule has 24 heavy (non-hydrogen) atoms. The van der Waals surface area contributed by atoms with Crippen molar-refractivity contribution in [3.63, 3.8) is 0 Å². The Hall–Kier alpha value is -1.86. The van der Waals surface area contributed by atoms with Crippen molar-refractivity contribution >= 4 is 17.3 Å². The van der Waals surface area contributed by atoms with Crippen molar-refractivity contribution < 1.29 is 4.42 Å². The van der Waals surface area contributed by atoms with E-state index >= 15 is 0 Å². The second-order valence-electron chi connectivity index (χ2n) is 6.35. The Morgan fingerprint density at radius 1 is 1.29 bits per heavy atom. The van der Waals surface area contributed by atoms with Crippen LogP contribution in [0.1, 0.15) is 31.2 Å². The lowest BCUT2D eigenvalue weighted by atomic mass is 10.1. The van der Waals surface area contributed by atoms with E-state index in [-0.39, 0.29) is 10.6 Å². The Bertz CT molecular complexity index is 762. The second kappa shape index (κ2) is 6.94. The SMILES string of the molecule is CC(C)c1ocnc1CN1CCN(c2cnn(C)c(=O)c2Cl)CC1. The molecule has 2 aromatic rings. The highest BCUT2D eigenvalue weighted by Crippen LogP contribution is 2.24. The summed E-state index contributed by atoms with van der Waals surface area (Å²) >= 11 is 6.19. The highest BCUT2D eigenvalue weighted by atomic mass is 35.5. The fraction of sp³-hybridized carbons (Fsp3) is 0.562. The lowest BCUT2D eigenvalue weighted by molar-refractivity contribution is 0.245. The fourth-order valence-electron chi connectivity index (χ4n) is 2.95. The van der Waals surface area contributed by atoms with Gasteiger partial charge in [0.25, 0.3) is 5.56 Å². The van der Waals surface area contributed by atoms with E-state index in [0.717, 1.165) is 44.2 Å². The molecule has 1 aliphatic rings. The zero-order valence-electron chi connectivity index (χ0n) is 14.2. The van der Waals surface area contributed by atoms with E-state index in [1.54, 1.807) is 13.2 Å². The number of aryl methyl sites for hydroxylation is 1. The van der Waals surface area contributed by atoms with E-state index in [4.69, 9.17) is 16.0 Å². The zero-order chi connectivity index (χ0) is 17.3. The quantitative estimate of drug-likeness (QED) is 0.837. The first-order chi connectivity index (χ1) is 11.5. The normalized spacial score (nSPS) is 16.1. The standard InChI is InChI=1S/C16H22ClN5O2/c1-11(2)15-12(18-10-24-15)9-21-4-6-22(7-5-21)13-8-19-20(3)16(23)14(13)17/h8,10-11H,4-7,9H2,1-3H3. The number of aromatic nitrogens is 3. The van der Waals surface area contributed by atoms with Crippen molar-refractivity contribution in [3.05, 3.63) is 39.4 Å². The molecule has 3 rings (SSSR count). The van der Waals surface area contributed by atoms with Gasteiger partial charge in [0.05, 0.1) is 17.6 Å². The molecule has 0 aromatic carbocycles. The molecule has 2 aromatic heterocycles. The molecular weight excluding hydrogens is 330 g/mol. The third-order valence-electron chi connectivity index (χ3n) is 4.34. The maximum atomic E-state index is 11.9. The Kier molecular flexibility index (Phi) is 4.91. The van der Waals surface area contributed by atoms with Crippen LogP contribution in [0.4, 0.5) is 5.69 Å². The molecule has 3 heterocycles. The molecule has 1 saturated heterocycles. The van der Waals surface area contributed by atoms with Gasteiger partial charge in [0.15, 0.2) is 6.39 Å². The van der Waals surface area contributed by atoms with Crippen molar-refractivity contribution in [2.45, 2.75) is 26.3 Å². The average Bonchev–Trinajstić information content (AvgIpc) is 3.02. The molecule has 0 atom stereocenters. The van der Waals surface area contributed by atoms with Crippen LogP contribution in [0.15, 0.2) is 21.8 Å². The van der Waals surface area contributed by atoms with Gasteiger partial charge < -0.3 is 9.32 Å². The molecule has 8 heteroatoms. The predicted octanol–water partition coefficient (Wildman–Crippen LogP) is 1.87. The van der Waals surface area contributed by atoms with Crippen LogP contribution in [0.25, 0.3) is 0 Å². The van der Waals surface area contributed by atoms with Crippen molar-refractivity contribution in [1.82, 2.24) is 19.7 Å². The van der Waals surface area contributed by atoms with Crippen molar-refractivity contribution in [3.8, 4) is 0 Å². The fourth-order valence-corrected chi connectivity index (χ4v) is 3.24. The molecule has 130 valence electrons. The largest absolute Gasteiger partial charge is 0.448 e. The van der Waals surface area contributed by atoms with E-state index in [9.17, 15) is 4.79 Å². The molecule has 1 fully saturated rings. The van der Waals surface area contributed by atoms with Gasteiger partial charge in [0.1, 0.15) is 10.8 Å². The number of halogens is 1. The van der Waals surface area contributed by atoms with Crippen LogP contribution in [0, 0.1) is 0 Å². The first kappa shape index (κ1) is 17.0. The zero-order valence-corrected chi connectivity index (χ0v) is 15.0. The van der Waals surface area contributed by atoms with Crippen LogP contribution in [0.5, 0.6) is 0 Å². The summed E-state index contributed by atoms with van der Waals surface area (Å²) in [4.78, 5) is 20.7. The maximum absolute atomic E-state index is 11.9. The Morgan fingerprint density at radius 3 is 2.67 bits per heavy atom. The molecule has 0 amide bonds. The molecule has 0 radical (unpaired) electrons. The summed E-state index contributed by atoms with van der Waals surface area (Å²) in [5.74, 6) is 1.28. The summed E-state index contributed by atoms with van der Waals surface area (Å²) in [6.45, 7) is 8.32. The number of rotatable bonds is 4. The predicted molar refractivity (Wildman–Crippen MR) is 92.6 cm³/mol. The lowest BCUT2D eigenvalue weighted by Gasteiger charge is -2.35. The lowest BCUT2D eigenvalue weighted by Crippen LogP contribution is -2.46. The molecule has 0 aliphatic carbocycles. The first-order valence-electron chi connectivity index (χ1n) is 8.08. The van der Waals surface area contributed by atoms with Gasteiger partial charge >= 0.3 is 0 Å². The monoisotopic (exact) mass is 351 g/mol. The number of anilines is 1. The third-order valence-corrected chi connectivity index (χ3v) is 4.70. The van der Waals surface area contributed by atoms with Gasteiger partial charge in [-0.3, -0.25) is 9.69 Å². The smallest absolute Gasteiger partial charge is 0.287 e. The number of piperazine rings is 1. The van der Waals surface area contributed by atoms with Crippen LogP contribution in [0.2, 0.25) is 5.02 Å².